The molecule has 3 amide bonds. The topological polar surface area (TPSA) is 102 Å². The number of carbonyl (C=O) groups is 2. The van der Waals surface area contributed by atoms with Crippen LogP contribution in [0, 0.1) is 6.92 Å². The van der Waals surface area contributed by atoms with Crippen molar-refractivity contribution in [1.29, 1.82) is 0 Å². The number of urea groups is 1. The van der Waals surface area contributed by atoms with E-state index in [-0.39, 0.29) is 16.3 Å². The fraction of sp³-hybridized carbons (Fsp3) is 0.0588. The molecule has 0 unspecified atom stereocenters. The van der Waals surface area contributed by atoms with Crippen LogP contribution in [0.5, 0.6) is 5.75 Å². The summed E-state index contributed by atoms with van der Waals surface area (Å²) in [5.74, 6) is -0.380. The Labute approximate surface area is 144 Å². The summed E-state index contributed by atoms with van der Waals surface area (Å²) in [6.45, 7) is 1.86. The fourth-order valence-electron chi connectivity index (χ4n) is 2.15. The predicted molar refractivity (Wildman–Crippen MR) is 90.1 cm³/mol. The Morgan fingerprint density at radius 2 is 1.56 bits per heavy atom. The molecule has 0 aromatic heterocycles. The molecular weight excluding hydrogens is 344 g/mol. The lowest BCUT2D eigenvalue weighted by Crippen LogP contribution is -2.22. The van der Waals surface area contributed by atoms with Crippen LogP contribution in [0.3, 0.4) is 0 Å². The summed E-state index contributed by atoms with van der Waals surface area (Å²) in [6, 6.07) is 11.8. The van der Waals surface area contributed by atoms with Gasteiger partial charge in [0, 0.05) is 0 Å². The van der Waals surface area contributed by atoms with E-state index in [9.17, 15) is 18.0 Å². The smallest absolute Gasteiger partial charge is 0.339 e. The Balaban J connectivity index is 1.77. The number of aryl methyl sites for hydroxylation is 1. The molecule has 25 heavy (non-hydrogen) atoms. The standard InChI is InChI=1S/C17H14N2O5S/c1-11-2-8-14(9-3-11)25(22,23)24-13-6-4-12(5-7-13)10-15-16(20)19-17(21)18-15/h2-10H,1H3,(H2,18,19,20,21). The van der Waals surface area contributed by atoms with Gasteiger partial charge in [-0.1, -0.05) is 29.8 Å². The van der Waals surface area contributed by atoms with Crippen molar-refractivity contribution in [3.8, 4) is 5.75 Å². The number of hydrogen-bond donors (Lipinski definition) is 2. The average molecular weight is 358 g/mol. The molecule has 2 aromatic carbocycles. The van der Waals surface area contributed by atoms with Gasteiger partial charge in [0.05, 0.1) is 0 Å². The summed E-state index contributed by atoms with van der Waals surface area (Å²) >= 11 is 0. The van der Waals surface area contributed by atoms with Gasteiger partial charge in [-0.15, -0.1) is 0 Å². The van der Waals surface area contributed by atoms with Gasteiger partial charge in [-0.2, -0.15) is 8.42 Å². The lowest BCUT2D eigenvalue weighted by molar-refractivity contribution is -0.115. The molecule has 0 atom stereocenters. The fourth-order valence-corrected chi connectivity index (χ4v) is 3.08. The third-order valence-corrected chi connectivity index (χ3v) is 4.69. The van der Waals surface area contributed by atoms with E-state index in [4.69, 9.17) is 4.18 Å². The first kappa shape index (κ1) is 16.7. The molecule has 128 valence electrons. The molecule has 1 aliphatic heterocycles. The Morgan fingerprint density at radius 1 is 0.920 bits per heavy atom. The van der Waals surface area contributed by atoms with Crippen LogP contribution in [-0.2, 0) is 14.9 Å². The Kier molecular flexibility index (Phi) is 4.28. The minimum absolute atomic E-state index is 0.0645. The van der Waals surface area contributed by atoms with E-state index in [2.05, 4.69) is 10.6 Å². The quantitative estimate of drug-likeness (QED) is 0.494. The number of rotatable bonds is 4. The van der Waals surface area contributed by atoms with Crippen LogP contribution in [0.1, 0.15) is 11.1 Å². The molecule has 0 saturated carbocycles. The van der Waals surface area contributed by atoms with E-state index in [0.29, 0.717) is 5.56 Å². The third-order valence-electron chi connectivity index (χ3n) is 3.43. The van der Waals surface area contributed by atoms with Crippen LogP contribution < -0.4 is 14.8 Å². The molecule has 1 fully saturated rings. The van der Waals surface area contributed by atoms with E-state index >= 15 is 0 Å². The van der Waals surface area contributed by atoms with Crippen molar-refractivity contribution in [1.82, 2.24) is 10.6 Å². The number of nitrogens with one attached hydrogen (secondary N) is 2. The van der Waals surface area contributed by atoms with Gasteiger partial charge >= 0.3 is 16.1 Å². The van der Waals surface area contributed by atoms with Crippen molar-refractivity contribution >= 4 is 28.1 Å². The maximum absolute atomic E-state index is 12.2. The molecule has 1 saturated heterocycles. The number of amides is 3. The summed E-state index contributed by atoms with van der Waals surface area (Å²) in [4.78, 5) is 22.6. The zero-order valence-corrected chi connectivity index (χ0v) is 14.0. The van der Waals surface area contributed by atoms with Crippen molar-refractivity contribution in [2.24, 2.45) is 0 Å². The van der Waals surface area contributed by atoms with Gasteiger partial charge in [0.25, 0.3) is 5.91 Å². The highest BCUT2D eigenvalue weighted by atomic mass is 32.2. The Hall–Kier alpha value is -3.13. The summed E-state index contributed by atoms with van der Waals surface area (Å²) in [6.07, 6.45) is 1.47. The maximum atomic E-state index is 12.2. The predicted octanol–water partition coefficient (Wildman–Crippen LogP) is 1.94. The van der Waals surface area contributed by atoms with Crippen LogP contribution in [0.25, 0.3) is 6.08 Å². The molecule has 0 radical (unpaired) electrons. The van der Waals surface area contributed by atoms with Gasteiger partial charge in [-0.25, -0.2) is 4.79 Å². The summed E-state index contributed by atoms with van der Waals surface area (Å²) < 4.78 is 29.5. The Bertz CT molecular complexity index is 961. The number of imide groups is 1. The largest absolute Gasteiger partial charge is 0.379 e. The second kappa shape index (κ2) is 6.40. The van der Waals surface area contributed by atoms with Gasteiger partial charge in [-0.05, 0) is 42.8 Å². The van der Waals surface area contributed by atoms with Crippen molar-refractivity contribution in [3.63, 3.8) is 0 Å². The normalized spacial score (nSPS) is 15.8. The zero-order chi connectivity index (χ0) is 18.0. The molecule has 2 aromatic rings. The minimum Gasteiger partial charge on any atom is -0.379 e. The van der Waals surface area contributed by atoms with E-state index in [1.54, 1.807) is 24.3 Å². The first-order valence-electron chi connectivity index (χ1n) is 7.29. The van der Waals surface area contributed by atoms with Gasteiger partial charge in [0.15, 0.2) is 0 Å². The number of carbonyl (C=O) groups excluding carboxylic acids is 2. The van der Waals surface area contributed by atoms with Crippen molar-refractivity contribution in [2.45, 2.75) is 11.8 Å². The first-order chi connectivity index (χ1) is 11.8. The summed E-state index contributed by atoms with van der Waals surface area (Å²) in [5, 5.41) is 4.46. The lowest BCUT2D eigenvalue weighted by atomic mass is 10.2. The second-order valence-corrected chi connectivity index (χ2v) is 6.93. The van der Waals surface area contributed by atoms with Crippen LogP contribution in [0.15, 0.2) is 59.1 Å². The van der Waals surface area contributed by atoms with Crippen LogP contribution in [-0.4, -0.2) is 20.4 Å². The molecule has 2 N–H and O–H groups in total. The second-order valence-electron chi connectivity index (χ2n) is 5.39. The van der Waals surface area contributed by atoms with Crippen LogP contribution >= 0.6 is 0 Å². The highest BCUT2D eigenvalue weighted by Crippen LogP contribution is 2.20. The third kappa shape index (κ3) is 3.86. The highest BCUT2D eigenvalue weighted by Gasteiger charge is 2.22. The molecular formula is C17H14N2O5S. The van der Waals surface area contributed by atoms with Crippen molar-refractivity contribution < 1.29 is 22.2 Å². The molecule has 7 nitrogen and oxygen atoms in total. The van der Waals surface area contributed by atoms with E-state index < -0.39 is 22.1 Å². The average Bonchev–Trinajstić information content (AvgIpc) is 2.87. The minimum atomic E-state index is -3.92. The molecule has 3 rings (SSSR count). The van der Waals surface area contributed by atoms with Crippen molar-refractivity contribution in [2.75, 3.05) is 0 Å². The van der Waals surface area contributed by atoms with Crippen molar-refractivity contribution in [3.05, 3.63) is 65.4 Å². The van der Waals surface area contributed by atoms with Crippen LogP contribution in [0.2, 0.25) is 0 Å². The van der Waals surface area contributed by atoms with E-state index in [1.807, 2.05) is 6.92 Å². The Morgan fingerprint density at radius 3 is 2.12 bits per heavy atom. The number of hydrogen-bond acceptors (Lipinski definition) is 5. The summed E-state index contributed by atoms with van der Waals surface area (Å²) in [5.41, 5.74) is 1.66. The van der Waals surface area contributed by atoms with Gasteiger partial charge in [0.1, 0.15) is 16.3 Å². The van der Waals surface area contributed by atoms with E-state index in [0.717, 1.165) is 5.56 Å². The highest BCUT2D eigenvalue weighted by molar-refractivity contribution is 7.87. The van der Waals surface area contributed by atoms with Gasteiger partial charge in [-0.3, -0.25) is 10.1 Å². The zero-order valence-electron chi connectivity index (χ0n) is 13.1. The maximum Gasteiger partial charge on any atom is 0.339 e. The molecule has 1 aliphatic rings. The monoisotopic (exact) mass is 358 g/mol. The SMILES string of the molecule is Cc1ccc(S(=O)(=O)Oc2ccc(C=C3NC(=O)NC3=O)cc2)cc1. The molecule has 0 aliphatic carbocycles. The lowest BCUT2D eigenvalue weighted by Gasteiger charge is -2.07. The molecule has 1 heterocycles. The molecule has 8 heteroatoms. The van der Waals surface area contributed by atoms with Gasteiger partial charge in [0.2, 0.25) is 0 Å². The summed E-state index contributed by atoms with van der Waals surface area (Å²) in [7, 11) is -3.92. The van der Waals surface area contributed by atoms with Gasteiger partial charge < -0.3 is 9.50 Å². The molecule has 0 spiro atoms. The first-order valence-corrected chi connectivity index (χ1v) is 8.69. The molecule has 0 bridgehead atoms. The van der Waals surface area contributed by atoms with Crippen LogP contribution in [0.4, 0.5) is 4.79 Å². The number of benzene rings is 2. The van der Waals surface area contributed by atoms with E-state index in [1.165, 1.54) is 30.3 Å².